The second kappa shape index (κ2) is 8.58. The first kappa shape index (κ1) is 18.8. The standard InChI is InChI=1S/C20H14Cl2N2O3/c21-17-10-14(11-18(22)19(17)25)20(26)24-23-12-13-5-4-8-16(9-13)27-15-6-2-1-3-7-15/h1-12,25H,(H,24,26)/b23-12+. The number of hydrogen-bond donors (Lipinski definition) is 2. The number of hydrogen-bond acceptors (Lipinski definition) is 4. The SMILES string of the molecule is O=C(N/N=C/c1cccc(Oc2ccccc2)c1)c1cc(Cl)c(O)c(Cl)c1. The molecule has 5 nitrogen and oxygen atoms in total. The lowest BCUT2D eigenvalue weighted by atomic mass is 10.2. The summed E-state index contributed by atoms with van der Waals surface area (Å²) in [5.41, 5.74) is 3.30. The number of hydrazone groups is 1. The Morgan fingerprint density at radius 2 is 1.63 bits per heavy atom. The number of para-hydroxylation sites is 1. The topological polar surface area (TPSA) is 70.9 Å². The molecule has 7 heteroatoms. The molecule has 136 valence electrons. The molecule has 0 aromatic heterocycles. The summed E-state index contributed by atoms with van der Waals surface area (Å²) < 4.78 is 5.75. The zero-order valence-electron chi connectivity index (χ0n) is 13.9. The fraction of sp³-hybridized carbons (Fsp3) is 0. The van der Waals surface area contributed by atoms with E-state index in [0.29, 0.717) is 5.75 Å². The Bertz CT molecular complexity index is 969. The number of halogens is 2. The van der Waals surface area contributed by atoms with Crippen LogP contribution in [0.3, 0.4) is 0 Å². The van der Waals surface area contributed by atoms with Crippen LogP contribution < -0.4 is 10.2 Å². The number of phenolic OH excluding ortho intramolecular Hbond substituents is 1. The highest BCUT2D eigenvalue weighted by Gasteiger charge is 2.11. The van der Waals surface area contributed by atoms with Crippen molar-refractivity contribution < 1.29 is 14.6 Å². The molecule has 0 bridgehead atoms. The number of benzene rings is 3. The van der Waals surface area contributed by atoms with Crippen molar-refractivity contribution in [3.8, 4) is 17.2 Å². The fourth-order valence-corrected chi connectivity index (χ4v) is 2.70. The Balaban J connectivity index is 1.66. The summed E-state index contributed by atoms with van der Waals surface area (Å²) in [5.74, 6) is 0.593. The summed E-state index contributed by atoms with van der Waals surface area (Å²) in [6, 6.07) is 19.3. The summed E-state index contributed by atoms with van der Waals surface area (Å²) in [7, 11) is 0. The van der Waals surface area contributed by atoms with Crippen molar-refractivity contribution in [3.05, 3.63) is 87.9 Å². The van der Waals surface area contributed by atoms with Gasteiger partial charge in [0.05, 0.1) is 16.3 Å². The van der Waals surface area contributed by atoms with Crippen molar-refractivity contribution in [2.45, 2.75) is 0 Å². The molecular weight excluding hydrogens is 387 g/mol. The lowest BCUT2D eigenvalue weighted by Gasteiger charge is -2.06. The molecule has 0 fully saturated rings. The number of nitrogens with zero attached hydrogens (tertiary/aromatic N) is 1. The zero-order valence-corrected chi connectivity index (χ0v) is 15.4. The fourth-order valence-electron chi connectivity index (χ4n) is 2.21. The van der Waals surface area contributed by atoms with Gasteiger partial charge in [-0.2, -0.15) is 5.10 Å². The van der Waals surface area contributed by atoms with Gasteiger partial charge in [0.2, 0.25) is 0 Å². The number of aromatic hydroxyl groups is 1. The minimum absolute atomic E-state index is 0.0117. The second-order valence-electron chi connectivity index (χ2n) is 5.48. The van der Waals surface area contributed by atoms with Gasteiger partial charge in [-0.3, -0.25) is 4.79 Å². The van der Waals surface area contributed by atoms with Gasteiger partial charge in [-0.05, 0) is 42.0 Å². The van der Waals surface area contributed by atoms with E-state index in [1.54, 1.807) is 6.07 Å². The number of phenols is 1. The molecule has 0 aliphatic rings. The summed E-state index contributed by atoms with van der Waals surface area (Å²) in [6.07, 6.45) is 1.49. The van der Waals surface area contributed by atoms with Gasteiger partial charge in [-0.1, -0.05) is 53.5 Å². The quantitative estimate of drug-likeness (QED) is 0.453. The number of amides is 1. The Morgan fingerprint density at radius 1 is 0.963 bits per heavy atom. The smallest absolute Gasteiger partial charge is 0.271 e. The minimum Gasteiger partial charge on any atom is -0.505 e. The van der Waals surface area contributed by atoms with E-state index in [9.17, 15) is 9.90 Å². The van der Waals surface area contributed by atoms with Crippen molar-refractivity contribution in [1.82, 2.24) is 5.43 Å². The third-order valence-electron chi connectivity index (χ3n) is 3.50. The van der Waals surface area contributed by atoms with Crippen molar-refractivity contribution in [2.75, 3.05) is 0 Å². The molecule has 3 rings (SSSR count). The molecule has 2 N–H and O–H groups in total. The first-order valence-corrected chi connectivity index (χ1v) is 8.63. The Hall–Kier alpha value is -3.02. The summed E-state index contributed by atoms with van der Waals surface area (Å²) in [5, 5.41) is 13.4. The maximum Gasteiger partial charge on any atom is 0.271 e. The van der Waals surface area contributed by atoms with Crippen molar-refractivity contribution in [2.24, 2.45) is 5.10 Å². The van der Waals surface area contributed by atoms with Crippen LogP contribution in [0.25, 0.3) is 0 Å². The second-order valence-corrected chi connectivity index (χ2v) is 6.29. The minimum atomic E-state index is -0.508. The zero-order chi connectivity index (χ0) is 19.2. The normalized spacial score (nSPS) is 10.7. The number of nitrogens with one attached hydrogen (secondary N) is 1. The van der Waals surface area contributed by atoms with E-state index < -0.39 is 5.91 Å². The van der Waals surface area contributed by atoms with Crippen molar-refractivity contribution in [1.29, 1.82) is 0 Å². The van der Waals surface area contributed by atoms with Crippen molar-refractivity contribution in [3.63, 3.8) is 0 Å². The van der Waals surface area contributed by atoms with Crippen LogP contribution in [0.2, 0.25) is 10.0 Å². The Morgan fingerprint density at radius 3 is 2.33 bits per heavy atom. The van der Waals surface area contributed by atoms with Crippen LogP contribution in [0, 0.1) is 0 Å². The number of rotatable bonds is 5. The van der Waals surface area contributed by atoms with Crippen LogP contribution in [-0.2, 0) is 0 Å². The molecule has 0 saturated heterocycles. The highest BCUT2D eigenvalue weighted by molar-refractivity contribution is 6.37. The molecule has 1 amide bonds. The molecule has 0 atom stereocenters. The predicted octanol–water partition coefficient (Wildman–Crippen LogP) is 5.26. The predicted molar refractivity (Wildman–Crippen MR) is 106 cm³/mol. The highest BCUT2D eigenvalue weighted by atomic mass is 35.5. The molecule has 27 heavy (non-hydrogen) atoms. The Labute approximate surface area is 165 Å². The monoisotopic (exact) mass is 400 g/mol. The first-order valence-electron chi connectivity index (χ1n) is 7.87. The van der Waals surface area contributed by atoms with Crippen LogP contribution in [0.5, 0.6) is 17.2 Å². The molecule has 0 aliphatic carbocycles. The van der Waals surface area contributed by atoms with Gasteiger partial charge in [0, 0.05) is 5.56 Å². The molecule has 0 saturated carbocycles. The highest BCUT2D eigenvalue weighted by Crippen LogP contribution is 2.32. The van der Waals surface area contributed by atoms with E-state index in [1.165, 1.54) is 18.3 Å². The Kier molecular flexibility index (Phi) is 5.96. The van der Waals surface area contributed by atoms with Crippen LogP contribution >= 0.6 is 23.2 Å². The molecular formula is C20H14Cl2N2O3. The molecule has 0 heterocycles. The number of carbonyl (C=O) groups is 1. The van der Waals surface area contributed by atoms with Crippen LogP contribution in [0.4, 0.5) is 0 Å². The van der Waals surface area contributed by atoms with Gasteiger partial charge in [-0.25, -0.2) is 5.43 Å². The lowest BCUT2D eigenvalue weighted by Crippen LogP contribution is -2.17. The summed E-state index contributed by atoms with van der Waals surface area (Å²) in [4.78, 5) is 12.1. The summed E-state index contributed by atoms with van der Waals surface area (Å²) >= 11 is 11.6. The van der Waals surface area contributed by atoms with E-state index in [4.69, 9.17) is 27.9 Å². The van der Waals surface area contributed by atoms with Crippen LogP contribution in [0.1, 0.15) is 15.9 Å². The molecule has 3 aromatic carbocycles. The largest absolute Gasteiger partial charge is 0.505 e. The van der Waals surface area contributed by atoms with Gasteiger partial charge >= 0.3 is 0 Å². The molecule has 0 unspecified atom stereocenters. The average Bonchev–Trinajstić information content (AvgIpc) is 2.67. The maximum absolute atomic E-state index is 12.1. The maximum atomic E-state index is 12.1. The van der Waals surface area contributed by atoms with Crippen molar-refractivity contribution >= 4 is 35.3 Å². The molecule has 3 aromatic rings. The molecule has 0 radical (unpaired) electrons. The summed E-state index contributed by atoms with van der Waals surface area (Å²) in [6.45, 7) is 0. The van der Waals surface area contributed by atoms with Gasteiger partial charge in [0.15, 0.2) is 5.75 Å². The third-order valence-corrected chi connectivity index (χ3v) is 4.07. The van der Waals surface area contributed by atoms with Gasteiger partial charge in [0.25, 0.3) is 5.91 Å². The molecule has 0 spiro atoms. The average molecular weight is 401 g/mol. The third kappa shape index (κ3) is 5.00. The van der Waals surface area contributed by atoms with Crippen LogP contribution in [0.15, 0.2) is 71.8 Å². The van der Waals surface area contributed by atoms with Gasteiger partial charge in [-0.15, -0.1) is 0 Å². The van der Waals surface area contributed by atoms with E-state index in [0.717, 1.165) is 11.3 Å². The number of carbonyl (C=O) groups excluding carboxylic acids is 1. The van der Waals surface area contributed by atoms with E-state index >= 15 is 0 Å². The number of ether oxygens (including phenoxy) is 1. The van der Waals surface area contributed by atoms with Gasteiger partial charge < -0.3 is 9.84 Å². The lowest BCUT2D eigenvalue weighted by molar-refractivity contribution is 0.0955. The van der Waals surface area contributed by atoms with E-state index in [2.05, 4.69) is 10.5 Å². The van der Waals surface area contributed by atoms with E-state index in [-0.39, 0.29) is 21.4 Å². The van der Waals surface area contributed by atoms with E-state index in [1.807, 2.05) is 48.5 Å². The van der Waals surface area contributed by atoms with Crippen LogP contribution in [-0.4, -0.2) is 17.2 Å². The molecule has 0 aliphatic heterocycles. The van der Waals surface area contributed by atoms with Gasteiger partial charge in [0.1, 0.15) is 11.5 Å². The first-order chi connectivity index (χ1) is 13.0.